The van der Waals surface area contributed by atoms with Gasteiger partial charge in [-0.2, -0.15) is 0 Å². The van der Waals surface area contributed by atoms with Gasteiger partial charge in [0.1, 0.15) is 11.4 Å². The Hall–Kier alpha value is -3.80. The molecule has 0 unspecified atom stereocenters. The quantitative estimate of drug-likeness (QED) is 0.318. The zero-order chi connectivity index (χ0) is 22.3. The summed E-state index contributed by atoms with van der Waals surface area (Å²) >= 11 is 0. The van der Waals surface area contributed by atoms with Gasteiger partial charge in [0.15, 0.2) is 17.3 Å². The number of hydrogen-bond donors (Lipinski definition) is 1. The molecule has 1 heterocycles. The van der Waals surface area contributed by atoms with Gasteiger partial charge in [0.25, 0.3) is 0 Å². The van der Waals surface area contributed by atoms with Crippen LogP contribution in [0, 0.1) is 0 Å². The first-order valence-electron chi connectivity index (χ1n) is 10.7. The normalized spacial score (nSPS) is 10.7. The molecule has 0 aliphatic heterocycles. The smallest absolute Gasteiger partial charge is 0.161 e. The Labute approximate surface area is 188 Å². The molecule has 0 saturated carbocycles. The molecule has 1 aromatic heterocycles. The number of benzene rings is 3. The summed E-state index contributed by atoms with van der Waals surface area (Å²) in [5.74, 6) is 2.77. The van der Waals surface area contributed by atoms with Gasteiger partial charge in [-0.1, -0.05) is 43.7 Å². The second-order valence-electron chi connectivity index (χ2n) is 7.37. The summed E-state index contributed by atoms with van der Waals surface area (Å²) < 4.78 is 16.8. The predicted octanol–water partition coefficient (Wildman–Crippen LogP) is 6.24. The Bertz CT molecular complexity index is 1180. The average Bonchev–Trinajstić information content (AvgIpc) is 2.85. The van der Waals surface area contributed by atoms with Crippen LogP contribution in [-0.4, -0.2) is 31.0 Å². The molecule has 0 spiro atoms. The van der Waals surface area contributed by atoms with E-state index in [1.807, 2.05) is 66.7 Å². The fourth-order valence-electron chi connectivity index (χ4n) is 3.49. The first kappa shape index (κ1) is 21.4. The van der Waals surface area contributed by atoms with E-state index in [1.165, 1.54) is 0 Å². The molecule has 4 aromatic rings. The van der Waals surface area contributed by atoms with Crippen molar-refractivity contribution < 1.29 is 14.2 Å². The summed E-state index contributed by atoms with van der Waals surface area (Å²) in [4.78, 5) is 0. The number of methoxy groups -OCH3 is 2. The maximum Gasteiger partial charge on any atom is 0.161 e. The number of anilines is 2. The highest BCUT2D eigenvalue weighted by molar-refractivity contribution is 6.02. The zero-order valence-corrected chi connectivity index (χ0v) is 18.6. The van der Waals surface area contributed by atoms with Crippen molar-refractivity contribution in [3.8, 4) is 28.5 Å². The summed E-state index contributed by atoms with van der Waals surface area (Å²) in [6, 6.07) is 21.7. The third-order valence-corrected chi connectivity index (χ3v) is 5.21. The molecule has 6 heteroatoms. The van der Waals surface area contributed by atoms with Crippen LogP contribution in [0.25, 0.3) is 22.0 Å². The Kier molecular flexibility index (Phi) is 6.70. The van der Waals surface area contributed by atoms with E-state index in [9.17, 15) is 0 Å². The van der Waals surface area contributed by atoms with E-state index in [1.54, 1.807) is 14.2 Å². The number of nitrogens with zero attached hydrogens (tertiary/aromatic N) is 2. The van der Waals surface area contributed by atoms with E-state index in [4.69, 9.17) is 14.2 Å². The van der Waals surface area contributed by atoms with Gasteiger partial charge in [-0.3, -0.25) is 0 Å². The van der Waals surface area contributed by atoms with E-state index in [0.29, 0.717) is 17.3 Å². The van der Waals surface area contributed by atoms with Gasteiger partial charge in [-0.15, -0.1) is 10.2 Å². The fraction of sp³-hybridized carbons (Fsp3) is 0.231. The number of hydrogen-bond acceptors (Lipinski definition) is 6. The van der Waals surface area contributed by atoms with Gasteiger partial charge in [0.2, 0.25) is 0 Å². The standard InChI is InChI=1S/C26H27N3O3/c1-4-5-15-32-20-13-11-19(12-14-20)27-26-22-17-24(31-3)23(30-2)16-21(22)25(28-29-26)18-9-7-6-8-10-18/h6-14,16-17H,4-5,15H2,1-3H3,(H,27,29). The summed E-state index contributed by atoms with van der Waals surface area (Å²) in [5, 5.41) is 14.2. The number of aromatic nitrogens is 2. The van der Waals surface area contributed by atoms with Gasteiger partial charge in [-0.05, 0) is 42.8 Å². The van der Waals surface area contributed by atoms with Crippen LogP contribution in [0.3, 0.4) is 0 Å². The van der Waals surface area contributed by atoms with Crippen molar-refractivity contribution in [2.45, 2.75) is 19.8 Å². The second kappa shape index (κ2) is 10.0. The number of unbranched alkanes of at least 4 members (excludes halogenated alkanes) is 1. The highest BCUT2D eigenvalue weighted by atomic mass is 16.5. The van der Waals surface area contributed by atoms with E-state index < -0.39 is 0 Å². The molecule has 0 aliphatic rings. The van der Waals surface area contributed by atoms with Crippen LogP contribution < -0.4 is 19.5 Å². The van der Waals surface area contributed by atoms with Crippen LogP contribution in [0.2, 0.25) is 0 Å². The molecule has 0 amide bonds. The average molecular weight is 430 g/mol. The maximum atomic E-state index is 5.76. The van der Waals surface area contributed by atoms with E-state index >= 15 is 0 Å². The Balaban J connectivity index is 1.73. The molecule has 3 aromatic carbocycles. The second-order valence-corrected chi connectivity index (χ2v) is 7.37. The van der Waals surface area contributed by atoms with Crippen molar-refractivity contribution in [2.75, 3.05) is 26.1 Å². The first-order chi connectivity index (χ1) is 15.7. The molecule has 6 nitrogen and oxygen atoms in total. The van der Waals surface area contributed by atoms with Crippen molar-refractivity contribution >= 4 is 22.3 Å². The largest absolute Gasteiger partial charge is 0.494 e. The van der Waals surface area contributed by atoms with Crippen LogP contribution in [0.4, 0.5) is 11.5 Å². The molecule has 164 valence electrons. The van der Waals surface area contributed by atoms with Crippen molar-refractivity contribution in [3.63, 3.8) is 0 Å². The first-order valence-corrected chi connectivity index (χ1v) is 10.7. The van der Waals surface area contributed by atoms with E-state index in [2.05, 4.69) is 22.4 Å². The molecule has 1 N–H and O–H groups in total. The van der Waals surface area contributed by atoms with E-state index in [0.717, 1.165) is 52.9 Å². The number of rotatable bonds is 9. The molecule has 0 saturated heterocycles. The zero-order valence-electron chi connectivity index (χ0n) is 18.6. The molecule has 0 radical (unpaired) electrons. The summed E-state index contributed by atoms with van der Waals surface area (Å²) in [6.07, 6.45) is 2.15. The summed E-state index contributed by atoms with van der Waals surface area (Å²) in [7, 11) is 3.25. The molecule has 0 fully saturated rings. The van der Waals surface area contributed by atoms with Crippen LogP contribution in [-0.2, 0) is 0 Å². The van der Waals surface area contributed by atoms with Crippen molar-refractivity contribution in [2.24, 2.45) is 0 Å². The topological polar surface area (TPSA) is 65.5 Å². The Morgan fingerprint density at radius 3 is 2.16 bits per heavy atom. The maximum absolute atomic E-state index is 5.76. The minimum absolute atomic E-state index is 0.634. The highest BCUT2D eigenvalue weighted by Gasteiger charge is 2.16. The number of ether oxygens (including phenoxy) is 3. The lowest BCUT2D eigenvalue weighted by atomic mass is 10.0. The van der Waals surface area contributed by atoms with Gasteiger partial charge in [0, 0.05) is 22.0 Å². The minimum Gasteiger partial charge on any atom is -0.494 e. The van der Waals surface area contributed by atoms with Crippen LogP contribution >= 0.6 is 0 Å². The SMILES string of the molecule is CCCCOc1ccc(Nc2nnc(-c3ccccc3)c3cc(OC)c(OC)cc23)cc1. The van der Waals surface area contributed by atoms with Crippen LogP contribution in [0.15, 0.2) is 66.7 Å². The van der Waals surface area contributed by atoms with Crippen molar-refractivity contribution in [1.29, 1.82) is 0 Å². The van der Waals surface area contributed by atoms with Crippen molar-refractivity contribution in [1.82, 2.24) is 10.2 Å². The van der Waals surface area contributed by atoms with Gasteiger partial charge < -0.3 is 19.5 Å². The summed E-state index contributed by atoms with van der Waals surface area (Å²) in [5.41, 5.74) is 2.66. The lowest BCUT2D eigenvalue weighted by Gasteiger charge is -2.15. The Morgan fingerprint density at radius 1 is 0.812 bits per heavy atom. The van der Waals surface area contributed by atoms with Gasteiger partial charge >= 0.3 is 0 Å². The number of fused-ring (bicyclic) bond motifs is 1. The monoisotopic (exact) mass is 429 g/mol. The fourth-order valence-corrected chi connectivity index (χ4v) is 3.49. The Morgan fingerprint density at radius 2 is 1.50 bits per heavy atom. The van der Waals surface area contributed by atoms with Crippen molar-refractivity contribution in [3.05, 3.63) is 66.7 Å². The van der Waals surface area contributed by atoms with E-state index in [-0.39, 0.29) is 0 Å². The molecular weight excluding hydrogens is 402 g/mol. The summed E-state index contributed by atoms with van der Waals surface area (Å²) in [6.45, 7) is 2.87. The third-order valence-electron chi connectivity index (χ3n) is 5.21. The van der Waals surface area contributed by atoms with Gasteiger partial charge in [-0.25, -0.2) is 0 Å². The minimum atomic E-state index is 0.634. The lowest BCUT2D eigenvalue weighted by molar-refractivity contribution is 0.309. The van der Waals surface area contributed by atoms with Crippen LogP contribution in [0.5, 0.6) is 17.2 Å². The molecule has 4 rings (SSSR count). The molecule has 0 atom stereocenters. The highest BCUT2D eigenvalue weighted by Crippen LogP contribution is 2.39. The predicted molar refractivity (Wildman–Crippen MR) is 128 cm³/mol. The lowest BCUT2D eigenvalue weighted by Crippen LogP contribution is -2.01. The molecule has 32 heavy (non-hydrogen) atoms. The molecule has 0 aliphatic carbocycles. The molecular formula is C26H27N3O3. The van der Waals surface area contributed by atoms with Crippen LogP contribution in [0.1, 0.15) is 19.8 Å². The number of nitrogens with one attached hydrogen (secondary N) is 1. The molecule has 0 bridgehead atoms. The third kappa shape index (κ3) is 4.59. The van der Waals surface area contributed by atoms with Gasteiger partial charge in [0.05, 0.1) is 20.8 Å².